The maximum absolute atomic E-state index is 2.49. The zero-order valence-electron chi connectivity index (χ0n) is 22.0. The topological polar surface area (TPSA) is 3.24 Å². The van der Waals surface area contributed by atoms with Gasteiger partial charge in [-0.2, -0.15) is 0 Å². The Morgan fingerprint density at radius 3 is 2.23 bits per heavy atom. The lowest BCUT2D eigenvalue weighted by molar-refractivity contribution is 0.894. The lowest BCUT2D eigenvalue weighted by atomic mass is 9.91. The van der Waals surface area contributed by atoms with Gasteiger partial charge in [0.15, 0.2) is 0 Å². The SMILES string of the molecule is C1=C(N(c2ccccc2)c2ccc3ccccc3c2-c2ccc3sc4ccccc4c3c2)CCc2ccccc21. The monoisotopic (exact) mass is 529 g/mol. The van der Waals surface area contributed by atoms with Crippen LogP contribution in [0.5, 0.6) is 0 Å². The zero-order valence-corrected chi connectivity index (χ0v) is 22.9. The largest absolute Gasteiger partial charge is 0.314 e. The second-order valence-electron chi connectivity index (χ2n) is 10.5. The highest BCUT2D eigenvalue weighted by molar-refractivity contribution is 7.25. The van der Waals surface area contributed by atoms with E-state index in [0.29, 0.717) is 0 Å². The molecular formula is C38H27NS. The number of hydrogen-bond acceptors (Lipinski definition) is 2. The zero-order chi connectivity index (χ0) is 26.5. The van der Waals surface area contributed by atoms with Crippen LogP contribution < -0.4 is 4.90 Å². The van der Waals surface area contributed by atoms with Crippen LogP contribution in [-0.4, -0.2) is 0 Å². The van der Waals surface area contributed by atoms with Gasteiger partial charge in [0.2, 0.25) is 0 Å². The van der Waals surface area contributed by atoms with E-state index in [0.717, 1.165) is 12.8 Å². The summed E-state index contributed by atoms with van der Waals surface area (Å²) >= 11 is 1.87. The number of benzene rings is 6. The highest BCUT2D eigenvalue weighted by Gasteiger charge is 2.23. The van der Waals surface area contributed by atoms with E-state index in [1.807, 2.05) is 11.3 Å². The molecule has 1 aliphatic rings. The highest BCUT2D eigenvalue weighted by Crippen LogP contribution is 2.45. The first kappa shape index (κ1) is 23.2. The van der Waals surface area contributed by atoms with Gasteiger partial charge in [0.1, 0.15) is 0 Å². The van der Waals surface area contributed by atoms with Gasteiger partial charge in [-0.1, -0.05) is 97.1 Å². The van der Waals surface area contributed by atoms with E-state index in [4.69, 9.17) is 0 Å². The molecule has 2 heteroatoms. The summed E-state index contributed by atoms with van der Waals surface area (Å²) in [6, 6.07) is 48.9. The molecule has 1 aromatic heterocycles. The summed E-state index contributed by atoms with van der Waals surface area (Å²) in [4.78, 5) is 2.49. The van der Waals surface area contributed by atoms with Crippen LogP contribution in [0, 0.1) is 0 Å². The van der Waals surface area contributed by atoms with Gasteiger partial charge in [-0.05, 0) is 82.8 Å². The van der Waals surface area contributed by atoms with Crippen LogP contribution in [0.4, 0.5) is 11.4 Å². The molecular weight excluding hydrogens is 502 g/mol. The van der Waals surface area contributed by atoms with Crippen molar-refractivity contribution in [1.82, 2.24) is 0 Å². The molecule has 0 unspecified atom stereocenters. The summed E-state index contributed by atoms with van der Waals surface area (Å²) < 4.78 is 2.67. The maximum atomic E-state index is 2.49. The molecule has 1 nitrogen and oxygen atoms in total. The Labute approximate surface area is 238 Å². The molecule has 0 radical (unpaired) electrons. The molecule has 8 rings (SSSR count). The minimum Gasteiger partial charge on any atom is -0.314 e. The Morgan fingerprint density at radius 2 is 1.30 bits per heavy atom. The fourth-order valence-corrected chi connectivity index (χ4v) is 7.35. The van der Waals surface area contributed by atoms with Crippen molar-refractivity contribution in [3.63, 3.8) is 0 Å². The molecule has 40 heavy (non-hydrogen) atoms. The van der Waals surface area contributed by atoms with Gasteiger partial charge in [0.05, 0.1) is 5.69 Å². The average molecular weight is 530 g/mol. The summed E-state index contributed by atoms with van der Waals surface area (Å²) in [5, 5.41) is 5.19. The smallest absolute Gasteiger partial charge is 0.0543 e. The minimum atomic E-state index is 0.992. The number of para-hydroxylation sites is 1. The van der Waals surface area contributed by atoms with Gasteiger partial charge >= 0.3 is 0 Å². The summed E-state index contributed by atoms with van der Waals surface area (Å²) in [6.45, 7) is 0. The number of rotatable bonds is 4. The molecule has 0 atom stereocenters. The number of aryl methyl sites for hydroxylation is 1. The van der Waals surface area contributed by atoms with Crippen molar-refractivity contribution in [2.24, 2.45) is 0 Å². The van der Waals surface area contributed by atoms with Gasteiger partial charge in [0.25, 0.3) is 0 Å². The first-order valence-electron chi connectivity index (χ1n) is 13.9. The highest BCUT2D eigenvalue weighted by atomic mass is 32.1. The third-order valence-electron chi connectivity index (χ3n) is 8.14. The maximum Gasteiger partial charge on any atom is 0.0543 e. The molecule has 1 aliphatic carbocycles. The average Bonchev–Trinajstić information content (AvgIpc) is 3.39. The number of nitrogens with zero attached hydrogens (tertiary/aromatic N) is 1. The van der Waals surface area contributed by atoms with Crippen LogP contribution in [0.3, 0.4) is 0 Å². The quantitative estimate of drug-likeness (QED) is 0.219. The fraction of sp³-hybridized carbons (Fsp3) is 0.0526. The molecule has 0 amide bonds. The van der Waals surface area contributed by atoms with E-state index in [2.05, 4.69) is 144 Å². The van der Waals surface area contributed by atoms with Crippen LogP contribution in [0.15, 0.2) is 139 Å². The Bertz CT molecular complexity index is 2070. The second-order valence-corrected chi connectivity index (χ2v) is 11.6. The van der Waals surface area contributed by atoms with Gasteiger partial charge in [-0.25, -0.2) is 0 Å². The summed E-state index contributed by atoms with van der Waals surface area (Å²) in [7, 11) is 0. The van der Waals surface area contributed by atoms with Crippen LogP contribution in [-0.2, 0) is 6.42 Å². The second kappa shape index (κ2) is 9.51. The predicted octanol–water partition coefficient (Wildman–Crippen LogP) is 11.0. The number of thiophene rings is 1. The first-order chi connectivity index (χ1) is 19.8. The molecule has 0 bridgehead atoms. The summed E-state index contributed by atoms with van der Waals surface area (Å²) in [5.41, 5.74) is 9.00. The molecule has 1 heterocycles. The minimum absolute atomic E-state index is 0.992. The lowest BCUT2D eigenvalue weighted by Crippen LogP contribution is -2.20. The van der Waals surface area contributed by atoms with Gasteiger partial charge < -0.3 is 4.90 Å². The van der Waals surface area contributed by atoms with Crippen molar-refractivity contribution in [3.05, 3.63) is 150 Å². The number of hydrogen-bond donors (Lipinski definition) is 0. The summed E-state index contributed by atoms with van der Waals surface area (Å²) in [6.07, 6.45) is 4.42. The number of allylic oxidation sites excluding steroid dienone is 1. The van der Waals surface area contributed by atoms with Crippen molar-refractivity contribution in [1.29, 1.82) is 0 Å². The van der Waals surface area contributed by atoms with E-state index >= 15 is 0 Å². The van der Waals surface area contributed by atoms with E-state index < -0.39 is 0 Å². The van der Waals surface area contributed by atoms with Crippen LogP contribution in [0.1, 0.15) is 17.5 Å². The van der Waals surface area contributed by atoms with Gasteiger partial charge in [-0.3, -0.25) is 0 Å². The molecule has 0 saturated carbocycles. The Hall–Kier alpha value is -4.66. The molecule has 0 spiro atoms. The van der Waals surface area contributed by atoms with Crippen LogP contribution in [0.2, 0.25) is 0 Å². The Balaban J connectivity index is 1.42. The predicted molar refractivity (Wildman–Crippen MR) is 174 cm³/mol. The molecule has 6 aromatic carbocycles. The lowest BCUT2D eigenvalue weighted by Gasteiger charge is -2.32. The van der Waals surface area contributed by atoms with E-state index in [9.17, 15) is 0 Å². The van der Waals surface area contributed by atoms with Crippen molar-refractivity contribution in [3.8, 4) is 11.1 Å². The van der Waals surface area contributed by atoms with Crippen molar-refractivity contribution < 1.29 is 0 Å². The van der Waals surface area contributed by atoms with Gasteiger partial charge in [0, 0.05) is 37.1 Å². The Morgan fingerprint density at radius 1 is 0.550 bits per heavy atom. The fourth-order valence-electron chi connectivity index (χ4n) is 6.26. The van der Waals surface area contributed by atoms with Crippen LogP contribution in [0.25, 0.3) is 48.1 Å². The van der Waals surface area contributed by atoms with Crippen LogP contribution >= 0.6 is 11.3 Å². The van der Waals surface area contributed by atoms with E-state index in [1.165, 1.54) is 70.3 Å². The molecule has 190 valence electrons. The molecule has 0 saturated heterocycles. The van der Waals surface area contributed by atoms with E-state index in [-0.39, 0.29) is 0 Å². The molecule has 0 N–H and O–H groups in total. The van der Waals surface area contributed by atoms with E-state index in [1.54, 1.807) is 0 Å². The molecule has 0 fully saturated rings. The van der Waals surface area contributed by atoms with Gasteiger partial charge in [-0.15, -0.1) is 11.3 Å². The Kier molecular flexibility index (Phi) is 5.53. The normalized spacial score (nSPS) is 12.9. The summed E-state index contributed by atoms with van der Waals surface area (Å²) in [5.74, 6) is 0. The molecule has 7 aromatic rings. The number of anilines is 2. The first-order valence-corrected chi connectivity index (χ1v) is 14.7. The number of fused-ring (bicyclic) bond motifs is 5. The van der Waals surface area contributed by atoms with Crippen molar-refractivity contribution >= 4 is 59.7 Å². The third-order valence-corrected chi connectivity index (χ3v) is 9.29. The van der Waals surface area contributed by atoms with Crippen molar-refractivity contribution in [2.75, 3.05) is 4.90 Å². The molecule has 0 aliphatic heterocycles. The standard InChI is InChI=1S/C38H27NS/c1-2-13-30(14-3-1)39(31-21-18-26-10-4-5-12-28(26)24-31)35-22-19-27-11-6-7-15-32(27)38(35)29-20-23-37-34(25-29)33-16-8-9-17-36(33)40-37/h1-17,19-20,22-25H,18,21H2. The third kappa shape index (κ3) is 3.84. The van der Waals surface area contributed by atoms with Crippen molar-refractivity contribution in [2.45, 2.75) is 12.8 Å².